The van der Waals surface area contributed by atoms with E-state index in [1.807, 2.05) is 42.5 Å². The molecule has 0 unspecified atom stereocenters. The van der Waals surface area contributed by atoms with Crippen LogP contribution in [0.15, 0.2) is 66.9 Å². The van der Waals surface area contributed by atoms with Gasteiger partial charge in [-0.25, -0.2) is 4.98 Å². The molecule has 0 aliphatic heterocycles. The third-order valence-corrected chi connectivity index (χ3v) is 5.86. The number of carbonyl (C=O) groups excluding carboxylic acids is 1. The van der Waals surface area contributed by atoms with Crippen molar-refractivity contribution >= 4 is 39.1 Å². The number of fused-ring (bicyclic) bond motifs is 1. The van der Waals surface area contributed by atoms with E-state index in [1.165, 1.54) is 10.5 Å². The van der Waals surface area contributed by atoms with Crippen molar-refractivity contribution in [1.82, 2.24) is 14.9 Å². The number of carbonyl (C=O) groups is 2. The van der Waals surface area contributed by atoms with Gasteiger partial charge in [-0.15, -0.1) is 11.3 Å². The molecule has 0 saturated carbocycles. The van der Waals surface area contributed by atoms with Crippen LogP contribution in [0.2, 0.25) is 0 Å². The molecule has 4 rings (SSSR count). The van der Waals surface area contributed by atoms with E-state index < -0.39 is 5.97 Å². The molecule has 2 heterocycles. The van der Waals surface area contributed by atoms with Crippen LogP contribution in [0.3, 0.4) is 0 Å². The van der Waals surface area contributed by atoms with Crippen molar-refractivity contribution in [2.24, 2.45) is 0 Å². The molecule has 0 radical (unpaired) electrons. The zero-order valence-corrected chi connectivity index (χ0v) is 18.3. The Labute approximate surface area is 189 Å². The third-order valence-electron chi connectivity index (χ3n) is 4.80. The summed E-state index contributed by atoms with van der Waals surface area (Å²) in [4.78, 5) is 34.1. The summed E-state index contributed by atoms with van der Waals surface area (Å²) in [6.07, 6.45) is 1.64. The Kier molecular flexibility index (Phi) is 6.53. The lowest BCUT2D eigenvalue weighted by Gasteiger charge is -2.19. The highest BCUT2D eigenvalue weighted by atomic mass is 32.1. The van der Waals surface area contributed by atoms with Crippen LogP contribution in [-0.4, -0.2) is 44.9 Å². The molecule has 1 amide bonds. The highest BCUT2D eigenvalue weighted by Gasteiger charge is 2.15. The Morgan fingerprint density at radius 2 is 1.88 bits per heavy atom. The molecule has 4 aromatic rings. The van der Waals surface area contributed by atoms with E-state index in [-0.39, 0.29) is 25.5 Å². The van der Waals surface area contributed by atoms with E-state index in [0.29, 0.717) is 11.4 Å². The lowest BCUT2D eigenvalue weighted by molar-refractivity contribution is -0.138. The summed E-state index contributed by atoms with van der Waals surface area (Å²) in [5, 5.41) is 12.9. The number of carboxylic acid groups (broad SMARTS) is 1. The van der Waals surface area contributed by atoms with Crippen molar-refractivity contribution in [1.29, 1.82) is 0 Å². The van der Waals surface area contributed by atoms with Crippen LogP contribution in [0.1, 0.15) is 11.3 Å². The number of pyridine rings is 1. The number of nitrogens with one attached hydrogen (secondary N) is 1. The molecule has 0 bridgehead atoms. The number of aryl methyl sites for hydroxylation is 1. The molecule has 2 aromatic heterocycles. The summed E-state index contributed by atoms with van der Waals surface area (Å²) in [5.74, 6) is -1.28. The quantitative estimate of drug-likeness (QED) is 0.421. The third kappa shape index (κ3) is 5.54. The molecule has 0 fully saturated rings. The lowest BCUT2D eigenvalue weighted by Crippen LogP contribution is -2.36. The maximum Gasteiger partial charge on any atom is 0.317 e. The number of hydrogen-bond acceptors (Lipinski definition) is 6. The molecular formula is C24H22N4O3S. The maximum absolute atomic E-state index is 12.5. The Morgan fingerprint density at radius 3 is 2.59 bits per heavy atom. The molecule has 32 heavy (non-hydrogen) atoms. The van der Waals surface area contributed by atoms with Crippen LogP contribution in [0.5, 0.6) is 0 Å². The van der Waals surface area contributed by atoms with Crippen molar-refractivity contribution < 1.29 is 14.7 Å². The van der Waals surface area contributed by atoms with Crippen LogP contribution < -0.4 is 5.32 Å². The molecule has 0 aliphatic rings. The van der Waals surface area contributed by atoms with Crippen LogP contribution >= 0.6 is 11.3 Å². The fraction of sp³-hybridized carbons (Fsp3) is 0.167. The first-order valence-corrected chi connectivity index (χ1v) is 10.9. The molecule has 2 aromatic carbocycles. The Hall–Kier alpha value is -3.62. The van der Waals surface area contributed by atoms with E-state index in [1.54, 1.807) is 29.7 Å². The molecule has 0 aliphatic carbocycles. The number of aromatic nitrogens is 2. The van der Waals surface area contributed by atoms with Crippen molar-refractivity contribution in [3.63, 3.8) is 0 Å². The second-order valence-corrected chi connectivity index (χ2v) is 8.51. The van der Waals surface area contributed by atoms with Crippen molar-refractivity contribution in [3.05, 3.63) is 78.1 Å². The molecule has 0 saturated heterocycles. The van der Waals surface area contributed by atoms with E-state index in [0.717, 1.165) is 20.8 Å². The largest absolute Gasteiger partial charge is 0.480 e. The maximum atomic E-state index is 12.5. The average molecular weight is 447 g/mol. The number of aliphatic carboxylic acids is 1. The number of benzene rings is 2. The summed E-state index contributed by atoms with van der Waals surface area (Å²) >= 11 is 1.63. The summed E-state index contributed by atoms with van der Waals surface area (Å²) < 4.78 is 1.14. The van der Waals surface area contributed by atoms with Gasteiger partial charge in [0, 0.05) is 24.0 Å². The predicted molar refractivity (Wildman–Crippen MR) is 126 cm³/mol. The Balaban J connectivity index is 1.41. The van der Waals surface area contributed by atoms with Gasteiger partial charge in [0.2, 0.25) is 5.91 Å². The van der Waals surface area contributed by atoms with Gasteiger partial charge in [-0.1, -0.05) is 12.1 Å². The number of amides is 1. The van der Waals surface area contributed by atoms with Crippen molar-refractivity contribution in [2.75, 3.05) is 18.4 Å². The Morgan fingerprint density at radius 1 is 1.06 bits per heavy atom. The van der Waals surface area contributed by atoms with Crippen LogP contribution in [0.25, 0.3) is 20.8 Å². The van der Waals surface area contributed by atoms with Crippen molar-refractivity contribution in [3.8, 4) is 10.6 Å². The minimum absolute atomic E-state index is 0.0537. The van der Waals surface area contributed by atoms with Gasteiger partial charge >= 0.3 is 5.97 Å². The highest BCUT2D eigenvalue weighted by molar-refractivity contribution is 7.21. The second kappa shape index (κ2) is 9.67. The summed E-state index contributed by atoms with van der Waals surface area (Å²) in [6.45, 7) is 2.03. The van der Waals surface area contributed by atoms with Crippen LogP contribution in [0, 0.1) is 6.92 Å². The zero-order valence-electron chi connectivity index (χ0n) is 17.5. The molecule has 7 nitrogen and oxygen atoms in total. The van der Waals surface area contributed by atoms with Crippen LogP contribution in [-0.2, 0) is 16.1 Å². The van der Waals surface area contributed by atoms with E-state index in [4.69, 9.17) is 0 Å². The minimum atomic E-state index is -0.996. The summed E-state index contributed by atoms with van der Waals surface area (Å²) in [6, 6.07) is 19.1. The van der Waals surface area contributed by atoms with Gasteiger partial charge < -0.3 is 10.4 Å². The summed E-state index contributed by atoms with van der Waals surface area (Å²) in [7, 11) is 0. The highest BCUT2D eigenvalue weighted by Crippen LogP contribution is 2.31. The summed E-state index contributed by atoms with van der Waals surface area (Å²) in [5.41, 5.74) is 4.50. The monoisotopic (exact) mass is 446 g/mol. The fourth-order valence-corrected chi connectivity index (χ4v) is 4.40. The normalized spacial score (nSPS) is 11.1. The fourth-order valence-electron chi connectivity index (χ4n) is 3.33. The molecule has 2 N–H and O–H groups in total. The number of carboxylic acids is 1. The van der Waals surface area contributed by atoms with Crippen molar-refractivity contribution in [2.45, 2.75) is 13.5 Å². The minimum Gasteiger partial charge on any atom is -0.480 e. The molecular weight excluding hydrogens is 424 g/mol. The van der Waals surface area contributed by atoms with Gasteiger partial charge in [0.15, 0.2) is 0 Å². The smallest absolute Gasteiger partial charge is 0.317 e. The molecule has 0 atom stereocenters. The number of nitrogens with zero attached hydrogens (tertiary/aromatic N) is 3. The second-order valence-electron chi connectivity index (χ2n) is 7.48. The van der Waals surface area contributed by atoms with Gasteiger partial charge in [0.25, 0.3) is 0 Å². The first kappa shape index (κ1) is 21.6. The molecule has 8 heteroatoms. The number of rotatable bonds is 8. The van der Waals surface area contributed by atoms with Gasteiger partial charge in [0.1, 0.15) is 5.01 Å². The predicted octanol–water partition coefficient (Wildman–Crippen LogP) is 4.19. The van der Waals surface area contributed by atoms with E-state index in [2.05, 4.69) is 28.3 Å². The average Bonchev–Trinajstić information content (AvgIpc) is 3.17. The van der Waals surface area contributed by atoms with Crippen LogP contribution in [0.4, 0.5) is 5.69 Å². The first-order chi connectivity index (χ1) is 15.5. The van der Waals surface area contributed by atoms with E-state index >= 15 is 0 Å². The number of thiazole rings is 1. The van der Waals surface area contributed by atoms with E-state index in [9.17, 15) is 14.7 Å². The topological polar surface area (TPSA) is 95.4 Å². The van der Waals surface area contributed by atoms with Gasteiger partial charge in [0.05, 0.1) is 29.0 Å². The first-order valence-electron chi connectivity index (χ1n) is 10.1. The Bertz CT molecular complexity index is 1240. The standard InChI is InChI=1S/C24H22N4O3S/c1-16-5-10-20-21(12-16)32-24(27-20)17-6-8-18(9-7-17)26-22(29)14-28(15-23(30)31)13-19-4-2-3-11-25-19/h2-12H,13-15H2,1H3,(H,26,29)(H,30,31). The number of anilines is 1. The molecule has 162 valence electrons. The van der Waals surface area contributed by atoms with Gasteiger partial charge in [-0.3, -0.25) is 19.5 Å². The zero-order chi connectivity index (χ0) is 22.5. The van der Waals surface area contributed by atoms with Gasteiger partial charge in [-0.05, 0) is 61.0 Å². The molecule has 0 spiro atoms. The SMILES string of the molecule is Cc1ccc2nc(-c3ccc(NC(=O)CN(CC(=O)O)Cc4ccccn4)cc3)sc2c1. The number of hydrogen-bond donors (Lipinski definition) is 2. The van der Waals surface area contributed by atoms with Gasteiger partial charge in [-0.2, -0.15) is 0 Å². The lowest BCUT2D eigenvalue weighted by atomic mass is 10.2.